The standard InChI is InChI=1S/C30H29N2S.C15H28O2.Ir/c1-19(2)14-28-29-24(11-13-32-28)25(18-33-29)21-10-12-31-27(17-21)22-15-20-8-6-7-9-23(20)26(16-22)30(3,4)5;1-7-14(5,8-2)12(16)11-13(17)15(6,9-3)10-4;/h6-13,16-19H,14H2,1-5H3;11,16H,7-10H2,1-6H3;/q-1;;/b;12-11-;. The predicted molar refractivity (Wildman–Crippen MR) is 215 cm³/mol. The van der Waals surface area contributed by atoms with E-state index in [4.69, 9.17) is 4.98 Å². The first kappa shape index (κ1) is 42.2. The summed E-state index contributed by atoms with van der Waals surface area (Å²) in [4.78, 5) is 21.6. The number of aromatic nitrogens is 2. The van der Waals surface area contributed by atoms with Crippen molar-refractivity contribution in [3.8, 4) is 22.4 Å². The van der Waals surface area contributed by atoms with Gasteiger partial charge in [0.2, 0.25) is 0 Å². The van der Waals surface area contributed by atoms with Gasteiger partial charge in [0.15, 0.2) is 5.78 Å². The van der Waals surface area contributed by atoms with Crippen LogP contribution >= 0.6 is 11.3 Å². The van der Waals surface area contributed by atoms with Crippen molar-refractivity contribution < 1.29 is 30.0 Å². The molecular weight excluding hydrogens is 825 g/mol. The van der Waals surface area contributed by atoms with E-state index in [0.717, 1.165) is 48.7 Å². The number of thiophene rings is 1. The van der Waals surface area contributed by atoms with Gasteiger partial charge in [0.25, 0.3) is 0 Å². The van der Waals surface area contributed by atoms with Gasteiger partial charge in [0, 0.05) is 60.5 Å². The molecule has 0 spiro atoms. The number of benzene rings is 2. The summed E-state index contributed by atoms with van der Waals surface area (Å²) in [5.41, 5.74) is 6.39. The zero-order valence-electron chi connectivity index (χ0n) is 32.5. The first-order chi connectivity index (χ1) is 23.6. The molecule has 3 aromatic heterocycles. The summed E-state index contributed by atoms with van der Waals surface area (Å²) < 4.78 is 1.30. The number of carbonyl (C=O) groups excluding carboxylic acids is 1. The van der Waals surface area contributed by atoms with Gasteiger partial charge in [-0.15, -0.1) is 40.5 Å². The molecule has 0 fully saturated rings. The molecule has 6 heteroatoms. The summed E-state index contributed by atoms with van der Waals surface area (Å²) in [7, 11) is 0. The number of nitrogens with zero attached hydrogens (tertiary/aromatic N) is 2. The Hall–Kier alpha value is -3.18. The van der Waals surface area contributed by atoms with Crippen LogP contribution in [0.2, 0.25) is 0 Å². The van der Waals surface area contributed by atoms with Crippen LogP contribution < -0.4 is 0 Å². The monoisotopic (exact) mass is 882 g/mol. The van der Waals surface area contributed by atoms with Crippen molar-refractivity contribution in [2.24, 2.45) is 16.7 Å². The number of ketones is 1. The molecule has 5 rings (SSSR count). The third kappa shape index (κ3) is 9.63. The minimum atomic E-state index is -0.337. The van der Waals surface area contributed by atoms with Gasteiger partial charge in [0.1, 0.15) is 5.76 Å². The van der Waals surface area contributed by atoms with Gasteiger partial charge >= 0.3 is 0 Å². The first-order valence-corrected chi connectivity index (χ1v) is 19.2. The Balaban J connectivity index is 0.000000335. The van der Waals surface area contributed by atoms with E-state index in [0.29, 0.717) is 5.92 Å². The summed E-state index contributed by atoms with van der Waals surface area (Å²) in [6.07, 6.45) is 9.63. The number of pyridine rings is 2. The fourth-order valence-corrected chi connectivity index (χ4v) is 7.27. The normalized spacial score (nSPS) is 12.5. The number of allylic oxidation sites excluding steroid dienone is 2. The molecule has 0 amide bonds. The van der Waals surface area contributed by atoms with Crippen LogP contribution in [-0.4, -0.2) is 20.9 Å². The molecule has 51 heavy (non-hydrogen) atoms. The van der Waals surface area contributed by atoms with Gasteiger partial charge in [0.05, 0.1) is 10.4 Å². The average molecular weight is 882 g/mol. The second-order valence-electron chi connectivity index (χ2n) is 15.6. The summed E-state index contributed by atoms with van der Waals surface area (Å²) >= 11 is 1.80. The van der Waals surface area contributed by atoms with Crippen molar-refractivity contribution >= 4 is 38.0 Å². The van der Waals surface area contributed by atoms with Crippen LogP contribution in [0.15, 0.2) is 78.1 Å². The Kier molecular flexibility index (Phi) is 14.5. The summed E-state index contributed by atoms with van der Waals surface area (Å²) in [5, 5.41) is 16.1. The quantitative estimate of drug-likeness (QED) is 0.0815. The van der Waals surface area contributed by atoms with E-state index >= 15 is 0 Å². The average Bonchev–Trinajstić information content (AvgIpc) is 3.55. The Morgan fingerprint density at radius 3 is 2.10 bits per heavy atom. The van der Waals surface area contributed by atoms with Gasteiger partial charge in [-0.2, -0.15) is 0 Å². The summed E-state index contributed by atoms with van der Waals surface area (Å²) in [6, 6.07) is 20.9. The third-order valence-corrected chi connectivity index (χ3v) is 11.7. The molecule has 0 aliphatic heterocycles. The minimum absolute atomic E-state index is 0. The Morgan fingerprint density at radius 2 is 1.49 bits per heavy atom. The first-order valence-electron chi connectivity index (χ1n) is 18.3. The molecule has 4 nitrogen and oxygen atoms in total. The molecular formula is C45H57IrN2O2S-. The van der Waals surface area contributed by atoms with E-state index in [1.54, 1.807) is 11.3 Å². The molecule has 0 bridgehead atoms. The van der Waals surface area contributed by atoms with Gasteiger partial charge in [-0.25, -0.2) is 0 Å². The van der Waals surface area contributed by atoms with Crippen LogP contribution in [0.4, 0.5) is 0 Å². The molecule has 0 aliphatic carbocycles. The van der Waals surface area contributed by atoms with Crippen LogP contribution in [0, 0.1) is 22.8 Å². The molecule has 0 aliphatic rings. The van der Waals surface area contributed by atoms with Crippen molar-refractivity contribution in [3.05, 3.63) is 95.5 Å². The molecule has 0 saturated carbocycles. The Labute approximate surface area is 324 Å². The fraction of sp³-hybridized carbons (Fsp3) is 0.444. The van der Waals surface area contributed by atoms with Crippen molar-refractivity contribution in [1.29, 1.82) is 0 Å². The smallest absolute Gasteiger partial charge is 0.164 e. The summed E-state index contributed by atoms with van der Waals surface area (Å²) in [5.74, 6) is 0.871. The van der Waals surface area contributed by atoms with Gasteiger partial charge in [-0.3, -0.25) is 14.8 Å². The van der Waals surface area contributed by atoms with Crippen LogP contribution in [0.1, 0.15) is 113 Å². The number of rotatable bonds is 11. The molecule has 1 N–H and O–H groups in total. The van der Waals surface area contributed by atoms with Gasteiger partial charge < -0.3 is 5.11 Å². The molecule has 3 heterocycles. The number of carbonyl (C=O) groups is 1. The van der Waals surface area contributed by atoms with Crippen LogP contribution in [0.25, 0.3) is 43.2 Å². The van der Waals surface area contributed by atoms with E-state index < -0.39 is 0 Å². The van der Waals surface area contributed by atoms with Crippen LogP contribution in [0.5, 0.6) is 0 Å². The van der Waals surface area contributed by atoms with E-state index in [9.17, 15) is 9.90 Å². The SMILES string of the molecule is CC(C)Cc1nccc2c(-c3ccnc(-c4[c-]c5ccccc5c(C(C)(C)C)c4)c3)csc12.CCC(C)(CC)C(=O)/C=C(\O)C(C)(CC)CC.[Ir]. The fourth-order valence-electron chi connectivity index (χ4n) is 6.19. The Morgan fingerprint density at radius 1 is 0.863 bits per heavy atom. The number of hydrogen-bond donors (Lipinski definition) is 1. The second kappa shape index (κ2) is 17.6. The number of aliphatic hydroxyl groups is 1. The molecule has 0 unspecified atom stereocenters. The zero-order valence-corrected chi connectivity index (χ0v) is 35.7. The van der Waals surface area contributed by atoms with Crippen molar-refractivity contribution in [2.45, 2.75) is 114 Å². The number of hydrogen-bond acceptors (Lipinski definition) is 5. The summed E-state index contributed by atoms with van der Waals surface area (Å²) in [6.45, 7) is 23.4. The second-order valence-corrected chi connectivity index (χ2v) is 16.5. The maximum atomic E-state index is 12.2. The van der Waals surface area contributed by atoms with E-state index in [-0.39, 0.29) is 47.9 Å². The maximum absolute atomic E-state index is 12.2. The van der Waals surface area contributed by atoms with E-state index in [2.05, 4.69) is 99.6 Å². The molecule has 0 atom stereocenters. The molecule has 5 aromatic rings. The zero-order chi connectivity index (χ0) is 36.9. The van der Waals surface area contributed by atoms with E-state index in [1.807, 2.05) is 53.9 Å². The predicted octanol–water partition coefficient (Wildman–Crippen LogP) is 13.1. The Bertz CT molecular complexity index is 1960. The van der Waals surface area contributed by atoms with Crippen LogP contribution in [0.3, 0.4) is 0 Å². The molecule has 0 saturated heterocycles. The van der Waals surface area contributed by atoms with E-state index in [1.165, 1.54) is 43.9 Å². The maximum Gasteiger partial charge on any atom is 0.164 e. The largest absolute Gasteiger partial charge is 0.512 e. The van der Waals surface area contributed by atoms with Crippen molar-refractivity contribution in [3.63, 3.8) is 0 Å². The van der Waals surface area contributed by atoms with Gasteiger partial charge in [-0.1, -0.05) is 111 Å². The van der Waals surface area contributed by atoms with Crippen molar-refractivity contribution in [1.82, 2.24) is 9.97 Å². The molecule has 275 valence electrons. The number of fused-ring (bicyclic) bond motifs is 2. The number of aliphatic hydroxyl groups excluding tert-OH is 1. The van der Waals surface area contributed by atoms with Crippen LogP contribution in [-0.2, 0) is 36.7 Å². The van der Waals surface area contributed by atoms with Gasteiger partial charge in [-0.05, 0) is 72.1 Å². The molecule has 1 radical (unpaired) electrons. The minimum Gasteiger partial charge on any atom is -0.512 e. The third-order valence-electron chi connectivity index (χ3n) is 10.7. The topological polar surface area (TPSA) is 63.1 Å². The molecule has 2 aromatic carbocycles. The van der Waals surface area contributed by atoms with Crippen molar-refractivity contribution in [2.75, 3.05) is 0 Å².